The molecule has 1 aromatic carbocycles. The SMILES string of the molecule is CC(=O)Oc1ccc([C@H](N)CC(C)C)cc1.Cl. The molecule has 0 aliphatic rings. The van der Waals surface area contributed by atoms with Gasteiger partial charge >= 0.3 is 5.97 Å². The average molecular weight is 258 g/mol. The minimum Gasteiger partial charge on any atom is -0.427 e. The van der Waals surface area contributed by atoms with E-state index in [2.05, 4.69) is 13.8 Å². The standard InChI is InChI=1S/C13H19NO2.ClH/c1-9(2)8-13(14)11-4-6-12(7-5-11)16-10(3)15;/h4-7,9,13H,8,14H2,1-3H3;1H/t13-;/m1./s1. The first kappa shape index (κ1) is 15.9. The Kier molecular flexibility index (Phi) is 6.85. The summed E-state index contributed by atoms with van der Waals surface area (Å²) >= 11 is 0. The van der Waals surface area contributed by atoms with Crippen molar-refractivity contribution < 1.29 is 9.53 Å². The van der Waals surface area contributed by atoms with Gasteiger partial charge in [0.05, 0.1) is 0 Å². The maximum Gasteiger partial charge on any atom is 0.308 e. The Morgan fingerprint density at radius 2 is 1.82 bits per heavy atom. The van der Waals surface area contributed by atoms with E-state index in [1.54, 1.807) is 12.1 Å². The number of carbonyl (C=O) groups excluding carboxylic acids is 1. The number of hydrogen-bond acceptors (Lipinski definition) is 3. The molecule has 0 aliphatic heterocycles. The van der Waals surface area contributed by atoms with Crippen molar-refractivity contribution in [1.82, 2.24) is 0 Å². The van der Waals surface area contributed by atoms with Gasteiger partial charge < -0.3 is 10.5 Å². The van der Waals surface area contributed by atoms with Crippen LogP contribution in [0.1, 0.15) is 38.8 Å². The molecule has 0 spiro atoms. The van der Waals surface area contributed by atoms with Gasteiger partial charge in [0.15, 0.2) is 0 Å². The van der Waals surface area contributed by atoms with Crippen molar-refractivity contribution in [3.8, 4) is 5.75 Å². The van der Waals surface area contributed by atoms with Crippen LogP contribution in [0.2, 0.25) is 0 Å². The van der Waals surface area contributed by atoms with Crippen LogP contribution in [0, 0.1) is 5.92 Å². The molecule has 1 aromatic rings. The number of carbonyl (C=O) groups is 1. The highest BCUT2D eigenvalue weighted by atomic mass is 35.5. The highest BCUT2D eigenvalue weighted by Gasteiger charge is 2.08. The fourth-order valence-electron chi connectivity index (χ4n) is 1.59. The van der Waals surface area contributed by atoms with Crippen LogP contribution in [0.4, 0.5) is 0 Å². The summed E-state index contributed by atoms with van der Waals surface area (Å²) in [4.78, 5) is 10.7. The number of rotatable bonds is 4. The van der Waals surface area contributed by atoms with Gasteiger partial charge in [-0.15, -0.1) is 12.4 Å². The van der Waals surface area contributed by atoms with Crippen molar-refractivity contribution in [3.63, 3.8) is 0 Å². The first-order chi connectivity index (χ1) is 7.49. The van der Waals surface area contributed by atoms with Gasteiger partial charge in [0.25, 0.3) is 0 Å². The number of benzene rings is 1. The summed E-state index contributed by atoms with van der Waals surface area (Å²) in [6.07, 6.45) is 0.951. The zero-order valence-corrected chi connectivity index (χ0v) is 11.3. The van der Waals surface area contributed by atoms with E-state index in [0.717, 1.165) is 12.0 Å². The van der Waals surface area contributed by atoms with E-state index in [1.807, 2.05) is 12.1 Å². The lowest BCUT2D eigenvalue weighted by Gasteiger charge is -2.14. The normalized spacial score (nSPS) is 11.8. The van der Waals surface area contributed by atoms with E-state index in [0.29, 0.717) is 11.7 Å². The number of halogens is 1. The van der Waals surface area contributed by atoms with Crippen LogP contribution >= 0.6 is 12.4 Å². The smallest absolute Gasteiger partial charge is 0.308 e. The summed E-state index contributed by atoms with van der Waals surface area (Å²) in [5, 5.41) is 0. The van der Waals surface area contributed by atoms with E-state index in [-0.39, 0.29) is 24.4 Å². The van der Waals surface area contributed by atoms with Crippen molar-refractivity contribution in [3.05, 3.63) is 29.8 Å². The lowest BCUT2D eigenvalue weighted by atomic mass is 9.98. The molecule has 1 rings (SSSR count). The van der Waals surface area contributed by atoms with E-state index < -0.39 is 0 Å². The summed E-state index contributed by atoms with van der Waals surface area (Å²) in [5.74, 6) is 0.829. The fraction of sp³-hybridized carbons (Fsp3) is 0.462. The first-order valence-corrected chi connectivity index (χ1v) is 5.53. The topological polar surface area (TPSA) is 52.3 Å². The molecule has 0 saturated heterocycles. The monoisotopic (exact) mass is 257 g/mol. The van der Waals surface area contributed by atoms with Crippen LogP contribution in [0.5, 0.6) is 5.75 Å². The molecule has 96 valence electrons. The first-order valence-electron chi connectivity index (χ1n) is 5.53. The third kappa shape index (κ3) is 5.71. The summed E-state index contributed by atoms with van der Waals surface area (Å²) in [5.41, 5.74) is 7.11. The predicted molar refractivity (Wildman–Crippen MR) is 71.4 cm³/mol. The zero-order chi connectivity index (χ0) is 12.1. The third-order valence-electron chi connectivity index (χ3n) is 2.30. The Balaban J connectivity index is 0.00000256. The van der Waals surface area contributed by atoms with Crippen molar-refractivity contribution in [2.45, 2.75) is 33.2 Å². The van der Waals surface area contributed by atoms with E-state index in [4.69, 9.17) is 10.5 Å². The maximum atomic E-state index is 10.7. The molecule has 0 unspecified atom stereocenters. The second kappa shape index (κ2) is 7.30. The number of hydrogen-bond donors (Lipinski definition) is 1. The minimum atomic E-state index is -0.306. The molecule has 0 heterocycles. The molecule has 17 heavy (non-hydrogen) atoms. The Bertz CT molecular complexity index is 349. The molecule has 0 bridgehead atoms. The molecule has 4 heteroatoms. The number of nitrogens with two attached hydrogens (primary N) is 1. The number of ether oxygens (including phenoxy) is 1. The van der Waals surface area contributed by atoms with Crippen molar-refractivity contribution >= 4 is 18.4 Å². The van der Waals surface area contributed by atoms with Crippen LogP contribution in [0.15, 0.2) is 24.3 Å². The molecule has 0 fully saturated rings. The predicted octanol–water partition coefficient (Wildman–Crippen LogP) is 3.08. The highest BCUT2D eigenvalue weighted by Crippen LogP contribution is 2.21. The molecule has 0 amide bonds. The largest absolute Gasteiger partial charge is 0.427 e. The second-order valence-corrected chi connectivity index (χ2v) is 4.40. The highest BCUT2D eigenvalue weighted by molar-refractivity contribution is 5.85. The minimum absolute atomic E-state index is 0. The molecule has 0 aromatic heterocycles. The number of esters is 1. The Hall–Kier alpha value is -1.06. The van der Waals surface area contributed by atoms with Crippen LogP contribution in [-0.2, 0) is 4.79 Å². The van der Waals surface area contributed by atoms with Gasteiger partial charge in [-0.3, -0.25) is 4.79 Å². The van der Waals surface area contributed by atoms with Gasteiger partial charge in [0, 0.05) is 13.0 Å². The fourth-order valence-corrected chi connectivity index (χ4v) is 1.59. The summed E-state index contributed by atoms with van der Waals surface area (Å²) < 4.78 is 4.95. The third-order valence-corrected chi connectivity index (χ3v) is 2.30. The maximum absolute atomic E-state index is 10.7. The molecule has 0 saturated carbocycles. The molecule has 0 aliphatic carbocycles. The van der Waals surface area contributed by atoms with Crippen LogP contribution < -0.4 is 10.5 Å². The van der Waals surface area contributed by atoms with Crippen molar-refractivity contribution in [2.24, 2.45) is 11.7 Å². The Morgan fingerprint density at radius 1 is 1.29 bits per heavy atom. The average Bonchev–Trinajstić information content (AvgIpc) is 2.16. The van der Waals surface area contributed by atoms with Gasteiger partial charge in [-0.25, -0.2) is 0 Å². The lowest BCUT2D eigenvalue weighted by molar-refractivity contribution is -0.131. The van der Waals surface area contributed by atoms with Crippen LogP contribution in [0.25, 0.3) is 0 Å². The summed E-state index contributed by atoms with van der Waals surface area (Å²) in [7, 11) is 0. The van der Waals surface area contributed by atoms with Gasteiger partial charge in [0.1, 0.15) is 5.75 Å². The van der Waals surface area contributed by atoms with Crippen LogP contribution in [0.3, 0.4) is 0 Å². The van der Waals surface area contributed by atoms with Crippen molar-refractivity contribution in [2.75, 3.05) is 0 Å². The van der Waals surface area contributed by atoms with Gasteiger partial charge in [-0.05, 0) is 30.0 Å². The molecular formula is C13H20ClNO2. The molecular weight excluding hydrogens is 238 g/mol. The second-order valence-electron chi connectivity index (χ2n) is 4.40. The van der Waals surface area contributed by atoms with Crippen LogP contribution in [-0.4, -0.2) is 5.97 Å². The Morgan fingerprint density at radius 3 is 2.24 bits per heavy atom. The summed E-state index contributed by atoms with van der Waals surface area (Å²) in [6, 6.07) is 7.41. The lowest BCUT2D eigenvalue weighted by Crippen LogP contribution is -2.12. The van der Waals surface area contributed by atoms with Crippen molar-refractivity contribution in [1.29, 1.82) is 0 Å². The van der Waals surface area contributed by atoms with Gasteiger partial charge in [-0.2, -0.15) is 0 Å². The van der Waals surface area contributed by atoms with E-state index in [1.165, 1.54) is 6.92 Å². The van der Waals surface area contributed by atoms with E-state index in [9.17, 15) is 4.79 Å². The molecule has 3 nitrogen and oxygen atoms in total. The van der Waals surface area contributed by atoms with Gasteiger partial charge in [-0.1, -0.05) is 26.0 Å². The summed E-state index contributed by atoms with van der Waals surface area (Å²) in [6.45, 7) is 5.68. The Labute approximate surface area is 109 Å². The quantitative estimate of drug-likeness (QED) is 0.666. The molecule has 0 radical (unpaired) electrons. The zero-order valence-electron chi connectivity index (χ0n) is 10.5. The van der Waals surface area contributed by atoms with Gasteiger partial charge in [0.2, 0.25) is 0 Å². The van der Waals surface area contributed by atoms with E-state index >= 15 is 0 Å². The molecule has 2 N–H and O–H groups in total. The molecule has 1 atom stereocenters.